The van der Waals surface area contributed by atoms with Crippen molar-refractivity contribution in [3.05, 3.63) is 12.2 Å². The fraction of sp³-hybridized carbons (Fsp3) is 0.455. The molecule has 3 N–H and O–H groups in total. The van der Waals surface area contributed by atoms with Crippen LogP contribution in [0.1, 0.15) is 12.8 Å². The Morgan fingerprint density at radius 2 is 1.62 bits per heavy atom. The monoisotopic (exact) mass is 310 g/mol. The van der Waals surface area contributed by atoms with Crippen LogP contribution in [0, 0.1) is 0 Å². The van der Waals surface area contributed by atoms with Crippen molar-refractivity contribution < 1.29 is 37.5 Å². The molecule has 0 bridgehead atoms. The highest BCUT2D eigenvalue weighted by Crippen LogP contribution is 2.13. The molecule has 7 nitrogen and oxygen atoms in total. The first-order chi connectivity index (χ1) is 9.59. The predicted octanol–water partition coefficient (Wildman–Crippen LogP) is -0.147. The summed E-state index contributed by atoms with van der Waals surface area (Å²) >= 11 is 0. The molecule has 118 valence electrons. The number of hydrogen-bond donors (Lipinski definition) is 2. The first kappa shape index (κ1) is 18.8. The minimum atomic E-state index is -5.08. The highest BCUT2D eigenvalue weighted by Gasteiger charge is 2.38. The van der Waals surface area contributed by atoms with Crippen molar-refractivity contribution in [1.82, 2.24) is 4.90 Å². The van der Waals surface area contributed by atoms with Gasteiger partial charge in [0.1, 0.15) is 0 Å². The molecule has 0 aliphatic carbocycles. The van der Waals surface area contributed by atoms with Crippen molar-refractivity contribution in [2.45, 2.75) is 19.0 Å². The summed E-state index contributed by atoms with van der Waals surface area (Å²) in [5.74, 6) is -3.74. The van der Waals surface area contributed by atoms with Crippen LogP contribution >= 0.6 is 0 Å². The molecule has 0 fully saturated rings. The highest BCUT2D eigenvalue weighted by molar-refractivity contribution is 6.14. The molecule has 0 aromatic carbocycles. The van der Waals surface area contributed by atoms with Gasteiger partial charge in [-0.2, -0.15) is 13.2 Å². The Morgan fingerprint density at radius 3 is 1.95 bits per heavy atom. The van der Waals surface area contributed by atoms with Gasteiger partial charge in [-0.3, -0.25) is 19.3 Å². The quantitative estimate of drug-likeness (QED) is 0.682. The first-order valence-corrected chi connectivity index (χ1v) is 5.65. The molecule has 2 amide bonds. The van der Waals surface area contributed by atoms with Crippen LogP contribution in [0.5, 0.6) is 0 Å². The third kappa shape index (κ3) is 7.20. The zero-order chi connectivity index (χ0) is 16.6. The molecule has 0 saturated heterocycles. The van der Waals surface area contributed by atoms with Crippen LogP contribution in [0.25, 0.3) is 0 Å². The van der Waals surface area contributed by atoms with Crippen LogP contribution in [0.3, 0.4) is 0 Å². The van der Waals surface area contributed by atoms with E-state index in [-0.39, 0.29) is 12.3 Å². The molecule has 1 rings (SSSR count). The summed E-state index contributed by atoms with van der Waals surface area (Å²) in [5, 5.41) is 7.12. The number of hydrogen-bond acceptors (Lipinski definition) is 5. The Bertz CT molecular complexity index is 441. The SMILES string of the molecule is NCCCC(=O)CN1C(=O)C=CC1=O.O=C(O)C(F)(F)F. The average Bonchev–Trinajstić information content (AvgIpc) is 2.67. The van der Waals surface area contributed by atoms with Gasteiger partial charge in [0.2, 0.25) is 0 Å². The molecule has 0 unspecified atom stereocenters. The Labute approximate surface area is 117 Å². The maximum Gasteiger partial charge on any atom is 0.490 e. The van der Waals surface area contributed by atoms with E-state index in [0.29, 0.717) is 19.4 Å². The predicted molar refractivity (Wildman–Crippen MR) is 62.8 cm³/mol. The maximum atomic E-state index is 11.2. The number of nitrogens with two attached hydrogens (primary N) is 1. The number of nitrogens with zero attached hydrogens (tertiary/aromatic N) is 1. The van der Waals surface area contributed by atoms with Gasteiger partial charge in [-0.05, 0) is 13.0 Å². The van der Waals surface area contributed by atoms with E-state index in [1.54, 1.807) is 0 Å². The van der Waals surface area contributed by atoms with Gasteiger partial charge in [0.25, 0.3) is 11.8 Å². The Balaban J connectivity index is 0.000000486. The second-order valence-electron chi connectivity index (χ2n) is 3.83. The number of ketones is 1. The molecule has 0 atom stereocenters. The van der Waals surface area contributed by atoms with Crippen LogP contribution in [0.2, 0.25) is 0 Å². The topological polar surface area (TPSA) is 118 Å². The summed E-state index contributed by atoms with van der Waals surface area (Å²) in [7, 11) is 0. The number of halogens is 3. The van der Waals surface area contributed by atoms with Gasteiger partial charge in [-0.25, -0.2) is 4.79 Å². The van der Waals surface area contributed by atoms with Gasteiger partial charge in [0, 0.05) is 18.6 Å². The summed E-state index contributed by atoms with van der Waals surface area (Å²) in [5.41, 5.74) is 5.23. The van der Waals surface area contributed by atoms with Crippen LogP contribution < -0.4 is 5.73 Å². The molecule has 1 heterocycles. The molecular weight excluding hydrogens is 297 g/mol. The van der Waals surface area contributed by atoms with Gasteiger partial charge >= 0.3 is 12.1 Å². The van der Waals surface area contributed by atoms with Crippen LogP contribution in [0.15, 0.2) is 12.2 Å². The number of aliphatic carboxylic acids is 1. The number of carboxylic acid groups (broad SMARTS) is 1. The average molecular weight is 310 g/mol. The van der Waals surface area contributed by atoms with Gasteiger partial charge in [-0.1, -0.05) is 0 Å². The number of imide groups is 1. The minimum Gasteiger partial charge on any atom is -0.475 e. The lowest BCUT2D eigenvalue weighted by Gasteiger charge is -2.11. The van der Waals surface area contributed by atoms with Crippen molar-refractivity contribution in [3.8, 4) is 0 Å². The Morgan fingerprint density at radius 1 is 1.19 bits per heavy atom. The van der Waals surface area contributed by atoms with Crippen LogP contribution in [0.4, 0.5) is 13.2 Å². The van der Waals surface area contributed by atoms with E-state index in [9.17, 15) is 27.6 Å². The van der Waals surface area contributed by atoms with E-state index in [1.807, 2.05) is 0 Å². The van der Waals surface area contributed by atoms with E-state index in [0.717, 1.165) is 4.90 Å². The summed E-state index contributed by atoms with van der Waals surface area (Å²) < 4.78 is 31.7. The summed E-state index contributed by atoms with van der Waals surface area (Å²) in [4.78, 5) is 43.1. The zero-order valence-corrected chi connectivity index (χ0v) is 10.7. The van der Waals surface area contributed by atoms with Gasteiger partial charge in [0.05, 0.1) is 6.54 Å². The van der Waals surface area contributed by atoms with Gasteiger partial charge in [-0.15, -0.1) is 0 Å². The molecular formula is C11H13F3N2O5. The summed E-state index contributed by atoms with van der Waals surface area (Å²) in [6.45, 7) is 0.302. The summed E-state index contributed by atoms with van der Waals surface area (Å²) in [6.07, 6.45) is -1.85. The number of alkyl halides is 3. The fourth-order valence-corrected chi connectivity index (χ4v) is 1.14. The molecule has 21 heavy (non-hydrogen) atoms. The van der Waals surface area contributed by atoms with E-state index in [4.69, 9.17) is 15.6 Å². The molecule has 0 aromatic rings. The number of Topliss-reactive ketones (excluding diaryl/α,β-unsaturated/α-hetero) is 1. The first-order valence-electron chi connectivity index (χ1n) is 5.65. The molecule has 0 spiro atoms. The third-order valence-electron chi connectivity index (χ3n) is 2.14. The second-order valence-corrected chi connectivity index (χ2v) is 3.83. The molecule has 0 aromatic heterocycles. The van der Waals surface area contributed by atoms with E-state index in [1.165, 1.54) is 12.2 Å². The van der Waals surface area contributed by atoms with Crippen LogP contribution in [-0.4, -0.2) is 52.8 Å². The zero-order valence-electron chi connectivity index (χ0n) is 10.7. The Kier molecular flexibility index (Phi) is 7.28. The van der Waals surface area contributed by atoms with Gasteiger partial charge in [0.15, 0.2) is 5.78 Å². The van der Waals surface area contributed by atoms with E-state index in [2.05, 4.69) is 0 Å². The molecule has 0 saturated carbocycles. The number of carbonyl (C=O) groups is 4. The standard InChI is InChI=1S/C9H12N2O3.C2HF3O2/c10-5-1-2-7(12)6-11-8(13)3-4-9(11)14;3-2(4,5)1(6)7/h3-4H,1-2,5-6,10H2;(H,6,7). The highest BCUT2D eigenvalue weighted by atomic mass is 19.4. The van der Waals surface area contributed by atoms with Gasteiger partial charge < -0.3 is 10.8 Å². The van der Waals surface area contributed by atoms with Crippen molar-refractivity contribution in [2.24, 2.45) is 5.73 Å². The lowest BCUT2D eigenvalue weighted by Crippen LogP contribution is -2.35. The lowest BCUT2D eigenvalue weighted by atomic mass is 10.2. The second kappa shape index (κ2) is 8.15. The fourth-order valence-electron chi connectivity index (χ4n) is 1.14. The van der Waals surface area contributed by atoms with Crippen LogP contribution in [-0.2, 0) is 19.2 Å². The van der Waals surface area contributed by atoms with Crippen molar-refractivity contribution in [1.29, 1.82) is 0 Å². The lowest BCUT2D eigenvalue weighted by molar-refractivity contribution is -0.192. The van der Waals surface area contributed by atoms with E-state index < -0.39 is 24.0 Å². The number of carboxylic acids is 1. The molecule has 1 aliphatic rings. The maximum absolute atomic E-state index is 11.2. The number of carbonyl (C=O) groups excluding carboxylic acids is 3. The van der Waals surface area contributed by atoms with E-state index >= 15 is 0 Å². The number of rotatable bonds is 5. The normalized spacial score (nSPS) is 14.0. The number of amides is 2. The Hall–Kier alpha value is -2.23. The summed E-state index contributed by atoms with van der Waals surface area (Å²) in [6, 6.07) is 0. The van der Waals surface area contributed by atoms with Crippen molar-refractivity contribution in [3.63, 3.8) is 0 Å². The van der Waals surface area contributed by atoms with Crippen molar-refractivity contribution in [2.75, 3.05) is 13.1 Å². The smallest absolute Gasteiger partial charge is 0.475 e. The third-order valence-corrected chi connectivity index (χ3v) is 2.14. The molecule has 1 aliphatic heterocycles. The molecule has 10 heteroatoms. The molecule has 0 radical (unpaired) electrons. The minimum absolute atomic E-state index is 0.134. The largest absolute Gasteiger partial charge is 0.490 e. The van der Waals surface area contributed by atoms with Crippen molar-refractivity contribution >= 4 is 23.6 Å².